The van der Waals surface area contributed by atoms with E-state index in [1.165, 1.54) is 30.6 Å². The van der Waals surface area contributed by atoms with Crippen molar-refractivity contribution in [3.8, 4) is 11.5 Å². The van der Waals surface area contributed by atoms with Gasteiger partial charge in [-0.05, 0) is 36.4 Å². The van der Waals surface area contributed by atoms with Crippen LogP contribution >= 0.6 is 0 Å². The lowest BCUT2D eigenvalue weighted by Crippen LogP contribution is -2.38. The molecule has 0 N–H and O–H groups in total. The van der Waals surface area contributed by atoms with E-state index in [1.807, 2.05) is 0 Å². The Kier molecular flexibility index (Phi) is 4.63. The Labute approximate surface area is 161 Å². The number of ether oxygens (including phenoxy) is 2. The summed E-state index contributed by atoms with van der Waals surface area (Å²) in [5.74, 6) is 0.676. The van der Waals surface area contributed by atoms with Gasteiger partial charge in [-0.15, -0.1) is 0 Å². The third-order valence-electron chi connectivity index (χ3n) is 4.34. The van der Waals surface area contributed by atoms with Crippen LogP contribution in [0.4, 0.5) is 10.1 Å². The second-order valence-corrected chi connectivity index (χ2v) is 7.93. The maximum Gasteiger partial charge on any atom is 0.264 e. The molecule has 0 fully saturated rings. The fraction of sp³-hybridized carbons (Fsp3) is 0.222. The standard InChI is InChI=1S/C18H17FN4O4S/c1-22-17(20-12-21-22)11-27-13-5-7-14(8-6-13)28(24,25)23-9-10-26-16-4-2-3-15(19)18(16)23/h2-8,12H,9-11H2,1H3. The van der Waals surface area contributed by atoms with Gasteiger partial charge < -0.3 is 9.47 Å². The summed E-state index contributed by atoms with van der Waals surface area (Å²) < 4.78 is 54.0. The maximum atomic E-state index is 14.3. The van der Waals surface area contributed by atoms with Gasteiger partial charge in [-0.3, -0.25) is 8.99 Å². The van der Waals surface area contributed by atoms with E-state index in [4.69, 9.17) is 9.47 Å². The molecule has 1 aromatic heterocycles. The van der Waals surface area contributed by atoms with Crippen molar-refractivity contribution in [2.24, 2.45) is 7.05 Å². The van der Waals surface area contributed by atoms with Crippen molar-refractivity contribution in [2.45, 2.75) is 11.5 Å². The maximum absolute atomic E-state index is 14.3. The third kappa shape index (κ3) is 3.26. The highest BCUT2D eigenvalue weighted by Gasteiger charge is 2.32. The fourth-order valence-corrected chi connectivity index (χ4v) is 4.35. The molecule has 28 heavy (non-hydrogen) atoms. The zero-order valence-corrected chi connectivity index (χ0v) is 15.8. The van der Waals surface area contributed by atoms with E-state index in [1.54, 1.807) is 29.9 Å². The number of hydrogen-bond acceptors (Lipinski definition) is 6. The van der Waals surface area contributed by atoms with Crippen LogP contribution in [0.1, 0.15) is 5.82 Å². The third-order valence-corrected chi connectivity index (χ3v) is 6.15. The molecular weight excluding hydrogens is 387 g/mol. The van der Waals surface area contributed by atoms with Gasteiger partial charge in [0, 0.05) is 7.05 Å². The molecule has 4 rings (SSSR count). The first-order valence-corrected chi connectivity index (χ1v) is 9.90. The molecule has 146 valence electrons. The first-order valence-electron chi connectivity index (χ1n) is 8.46. The second kappa shape index (κ2) is 7.12. The highest BCUT2D eigenvalue weighted by Crippen LogP contribution is 2.37. The van der Waals surface area contributed by atoms with Crippen LogP contribution in [0.25, 0.3) is 0 Å². The zero-order chi connectivity index (χ0) is 19.7. The van der Waals surface area contributed by atoms with Gasteiger partial charge in [0.15, 0.2) is 11.6 Å². The topological polar surface area (TPSA) is 86.5 Å². The minimum atomic E-state index is -3.95. The molecule has 2 aromatic carbocycles. The average molecular weight is 404 g/mol. The van der Waals surface area contributed by atoms with Crippen molar-refractivity contribution in [1.29, 1.82) is 0 Å². The normalized spacial score (nSPS) is 13.7. The first kappa shape index (κ1) is 18.2. The average Bonchev–Trinajstić information content (AvgIpc) is 3.11. The highest BCUT2D eigenvalue weighted by atomic mass is 32.2. The van der Waals surface area contributed by atoms with Crippen LogP contribution in [0.5, 0.6) is 11.5 Å². The predicted molar refractivity (Wildman–Crippen MR) is 98.2 cm³/mol. The van der Waals surface area contributed by atoms with Crippen molar-refractivity contribution >= 4 is 15.7 Å². The molecule has 1 aliphatic rings. The Morgan fingerprint density at radius 3 is 2.71 bits per heavy atom. The molecule has 0 spiro atoms. The van der Waals surface area contributed by atoms with Crippen LogP contribution in [0.2, 0.25) is 0 Å². The van der Waals surface area contributed by atoms with Crippen LogP contribution < -0.4 is 13.8 Å². The highest BCUT2D eigenvalue weighted by molar-refractivity contribution is 7.92. The molecule has 0 bridgehead atoms. The predicted octanol–water partition coefficient (Wildman–Crippen LogP) is 2.12. The largest absolute Gasteiger partial charge is 0.489 e. The van der Waals surface area contributed by atoms with Crippen molar-refractivity contribution in [1.82, 2.24) is 14.8 Å². The number of nitrogens with zero attached hydrogens (tertiary/aromatic N) is 4. The molecule has 0 amide bonds. The van der Waals surface area contributed by atoms with Gasteiger partial charge in [-0.1, -0.05) is 6.07 Å². The summed E-state index contributed by atoms with van der Waals surface area (Å²) in [6.45, 7) is 0.375. The Morgan fingerprint density at radius 2 is 2.00 bits per heavy atom. The molecule has 0 unspecified atom stereocenters. The Hall–Kier alpha value is -3.14. The van der Waals surface area contributed by atoms with Crippen molar-refractivity contribution in [3.63, 3.8) is 0 Å². The van der Waals surface area contributed by atoms with Crippen molar-refractivity contribution < 1.29 is 22.3 Å². The number of aryl methyl sites for hydroxylation is 1. The minimum absolute atomic E-state index is 0.0284. The zero-order valence-electron chi connectivity index (χ0n) is 14.9. The molecule has 0 aliphatic carbocycles. The summed E-state index contributed by atoms with van der Waals surface area (Å²) in [6, 6.07) is 10.2. The number of hydrogen-bond donors (Lipinski definition) is 0. The van der Waals surface area contributed by atoms with E-state index in [0.29, 0.717) is 11.6 Å². The number of aromatic nitrogens is 3. The number of sulfonamides is 1. The molecule has 3 aromatic rings. The monoisotopic (exact) mass is 404 g/mol. The van der Waals surface area contributed by atoms with Crippen molar-refractivity contribution in [2.75, 3.05) is 17.5 Å². The number of rotatable bonds is 5. The van der Waals surface area contributed by atoms with Gasteiger partial charge in [0.1, 0.15) is 36.7 Å². The number of anilines is 1. The summed E-state index contributed by atoms with van der Waals surface area (Å²) in [5, 5.41) is 3.95. The molecule has 1 aliphatic heterocycles. The molecule has 10 heteroatoms. The van der Waals surface area contributed by atoms with E-state index in [9.17, 15) is 12.8 Å². The Bertz CT molecular complexity index is 1100. The van der Waals surface area contributed by atoms with E-state index in [0.717, 1.165) is 4.31 Å². The van der Waals surface area contributed by atoms with Crippen molar-refractivity contribution in [3.05, 3.63) is 60.4 Å². The molecule has 0 saturated heterocycles. The quantitative estimate of drug-likeness (QED) is 0.648. The molecule has 8 nitrogen and oxygen atoms in total. The van der Waals surface area contributed by atoms with Crippen LogP contribution in [-0.2, 0) is 23.7 Å². The number of benzene rings is 2. The van der Waals surface area contributed by atoms with Gasteiger partial charge in [0.25, 0.3) is 10.0 Å². The lowest BCUT2D eigenvalue weighted by Gasteiger charge is -2.30. The molecule has 0 saturated carbocycles. The van der Waals surface area contributed by atoms with E-state index in [-0.39, 0.29) is 36.1 Å². The van der Waals surface area contributed by atoms with Crippen LogP contribution in [-0.4, -0.2) is 36.3 Å². The Morgan fingerprint density at radius 1 is 1.21 bits per heavy atom. The summed E-state index contributed by atoms with van der Waals surface area (Å²) in [5.41, 5.74) is -0.0728. The summed E-state index contributed by atoms with van der Waals surface area (Å²) in [7, 11) is -2.20. The fourth-order valence-electron chi connectivity index (χ4n) is 2.88. The molecule has 0 radical (unpaired) electrons. The molecule has 2 heterocycles. The van der Waals surface area contributed by atoms with Gasteiger partial charge in [0.2, 0.25) is 0 Å². The number of para-hydroxylation sites is 1. The summed E-state index contributed by atoms with van der Waals surface area (Å²) >= 11 is 0. The summed E-state index contributed by atoms with van der Waals surface area (Å²) in [4.78, 5) is 4.09. The van der Waals surface area contributed by atoms with Gasteiger partial charge in [-0.25, -0.2) is 17.8 Å². The number of fused-ring (bicyclic) bond motifs is 1. The van der Waals surface area contributed by atoms with Crippen LogP contribution in [0.3, 0.4) is 0 Å². The summed E-state index contributed by atoms with van der Waals surface area (Å²) in [6.07, 6.45) is 1.42. The molecule has 0 atom stereocenters. The van der Waals surface area contributed by atoms with E-state index >= 15 is 0 Å². The van der Waals surface area contributed by atoms with Gasteiger partial charge >= 0.3 is 0 Å². The SMILES string of the molecule is Cn1ncnc1COc1ccc(S(=O)(=O)N2CCOc3cccc(F)c32)cc1. The minimum Gasteiger partial charge on any atom is -0.489 e. The number of halogens is 1. The lowest BCUT2D eigenvalue weighted by atomic mass is 10.2. The lowest BCUT2D eigenvalue weighted by molar-refractivity contribution is 0.289. The smallest absolute Gasteiger partial charge is 0.264 e. The van der Waals surface area contributed by atoms with Crippen LogP contribution in [0, 0.1) is 5.82 Å². The van der Waals surface area contributed by atoms with Gasteiger partial charge in [-0.2, -0.15) is 5.10 Å². The second-order valence-electron chi connectivity index (χ2n) is 6.07. The van der Waals surface area contributed by atoms with Crippen LogP contribution in [0.15, 0.2) is 53.7 Å². The van der Waals surface area contributed by atoms with Gasteiger partial charge in [0.05, 0.1) is 11.4 Å². The first-order chi connectivity index (χ1) is 13.5. The Balaban J connectivity index is 1.57. The van der Waals surface area contributed by atoms with E-state index in [2.05, 4.69) is 10.1 Å². The molecular formula is C18H17FN4O4S. The van der Waals surface area contributed by atoms with E-state index < -0.39 is 15.8 Å².